The first-order valence-electron chi connectivity index (χ1n) is 7.46. The molecule has 0 radical (unpaired) electrons. The molecule has 0 spiro atoms. The molecule has 2 rings (SSSR count). The molecule has 0 saturated carbocycles. The van der Waals surface area contributed by atoms with E-state index in [-0.39, 0.29) is 5.54 Å². The topological polar surface area (TPSA) is 59.3 Å². The zero-order valence-electron chi connectivity index (χ0n) is 13.4. The van der Waals surface area contributed by atoms with Crippen molar-refractivity contribution in [1.82, 2.24) is 5.32 Å². The summed E-state index contributed by atoms with van der Waals surface area (Å²) in [6.07, 6.45) is 0.741. The predicted molar refractivity (Wildman–Crippen MR) is 85.2 cm³/mol. The highest BCUT2D eigenvalue weighted by molar-refractivity contribution is 5.61. The van der Waals surface area contributed by atoms with Gasteiger partial charge in [0.05, 0.1) is 16.9 Å². The molecule has 21 heavy (non-hydrogen) atoms. The van der Waals surface area contributed by atoms with E-state index in [2.05, 4.69) is 43.1 Å². The Kier molecular flexibility index (Phi) is 4.27. The number of benzene rings is 1. The van der Waals surface area contributed by atoms with Gasteiger partial charge in [-0.05, 0) is 51.8 Å². The Balaban J connectivity index is 2.16. The van der Waals surface area contributed by atoms with E-state index in [1.54, 1.807) is 0 Å². The van der Waals surface area contributed by atoms with Gasteiger partial charge >= 0.3 is 0 Å². The van der Waals surface area contributed by atoms with E-state index in [1.807, 2.05) is 19.1 Å². The molecule has 0 amide bonds. The Labute approximate surface area is 127 Å². The zero-order valence-corrected chi connectivity index (χ0v) is 13.4. The number of anilines is 1. The molecule has 1 aliphatic rings. The number of rotatable bonds is 3. The van der Waals surface area contributed by atoms with Crippen molar-refractivity contribution in [3.63, 3.8) is 0 Å². The van der Waals surface area contributed by atoms with Crippen LogP contribution in [0.5, 0.6) is 0 Å². The van der Waals surface area contributed by atoms with Gasteiger partial charge in [-0.15, -0.1) is 0 Å². The lowest BCUT2D eigenvalue weighted by atomic mass is 10.1. The van der Waals surface area contributed by atoms with Crippen molar-refractivity contribution in [3.05, 3.63) is 29.3 Å². The average Bonchev–Trinajstić information content (AvgIpc) is 2.75. The molecule has 4 nitrogen and oxygen atoms in total. The minimum Gasteiger partial charge on any atom is -0.388 e. The lowest BCUT2D eigenvalue weighted by molar-refractivity contribution is 0.0839. The summed E-state index contributed by atoms with van der Waals surface area (Å²) < 4.78 is 0. The lowest BCUT2D eigenvalue weighted by Gasteiger charge is -2.23. The third-order valence-corrected chi connectivity index (χ3v) is 3.80. The maximum Gasteiger partial charge on any atom is 0.101 e. The van der Waals surface area contributed by atoms with Gasteiger partial charge in [0.1, 0.15) is 6.07 Å². The first-order valence-corrected chi connectivity index (χ1v) is 7.46. The minimum absolute atomic E-state index is 0.0547. The number of hydrogen-bond donors (Lipinski definition) is 2. The second-order valence-electron chi connectivity index (χ2n) is 7.24. The first-order chi connectivity index (χ1) is 9.70. The molecule has 1 saturated heterocycles. The summed E-state index contributed by atoms with van der Waals surface area (Å²) in [6, 6.07) is 8.29. The first kappa shape index (κ1) is 15.8. The van der Waals surface area contributed by atoms with E-state index in [9.17, 15) is 10.4 Å². The van der Waals surface area contributed by atoms with Crippen LogP contribution in [0.2, 0.25) is 0 Å². The van der Waals surface area contributed by atoms with Crippen LogP contribution in [0.25, 0.3) is 0 Å². The largest absolute Gasteiger partial charge is 0.388 e. The van der Waals surface area contributed by atoms with E-state index in [0.717, 1.165) is 30.8 Å². The van der Waals surface area contributed by atoms with Gasteiger partial charge in [-0.3, -0.25) is 0 Å². The summed E-state index contributed by atoms with van der Waals surface area (Å²) in [7, 11) is 0. The smallest absolute Gasteiger partial charge is 0.101 e. The van der Waals surface area contributed by atoms with Crippen molar-refractivity contribution in [2.24, 2.45) is 0 Å². The normalized spacial score (nSPS) is 22.4. The van der Waals surface area contributed by atoms with Crippen molar-refractivity contribution in [2.45, 2.75) is 51.8 Å². The van der Waals surface area contributed by atoms with Gasteiger partial charge < -0.3 is 15.3 Å². The molecule has 1 aromatic carbocycles. The Bertz CT molecular complexity index is 552. The van der Waals surface area contributed by atoms with Gasteiger partial charge in [-0.1, -0.05) is 6.07 Å². The molecule has 1 heterocycles. The number of nitrogens with one attached hydrogen (secondary N) is 1. The number of nitriles is 1. The minimum atomic E-state index is -0.654. The molecule has 1 aromatic rings. The highest BCUT2D eigenvalue weighted by atomic mass is 16.3. The number of hydrogen-bond acceptors (Lipinski definition) is 4. The molecule has 2 N–H and O–H groups in total. The van der Waals surface area contributed by atoms with Crippen LogP contribution >= 0.6 is 0 Å². The second-order valence-corrected chi connectivity index (χ2v) is 7.24. The molecule has 1 unspecified atom stereocenters. The van der Waals surface area contributed by atoms with E-state index < -0.39 is 5.60 Å². The van der Waals surface area contributed by atoms with Crippen LogP contribution in [-0.2, 0) is 6.54 Å². The van der Waals surface area contributed by atoms with Crippen LogP contribution in [0.4, 0.5) is 5.69 Å². The van der Waals surface area contributed by atoms with Crippen LogP contribution in [0.1, 0.15) is 45.2 Å². The van der Waals surface area contributed by atoms with Crippen molar-refractivity contribution >= 4 is 5.69 Å². The molecule has 1 aliphatic heterocycles. The molecular weight excluding hydrogens is 262 g/mol. The Hall–Kier alpha value is -1.57. The van der Waals surface area contributed by atoms with E-state index >= 15 is 0 Å². The molecule has 0 aliphatic carbocycles. The molecule has 4 heteroatoms. The highest BCUT2D eigenvalue weighted by Crippen LogP contribution is 2.29. The maximum atomic E-state index is 10.1. The van der Waals surface area contributed by atoms with E-state index in [0.29, 0.717) is 12.1 Å². The molecule has 0 aromatic heterocycles. The van der Waals surface area contributed by atoms with Gasteiger partial charge in [0, 0.05) is 25.2 Å². The van der Waals surface area contributed by atoms with Gasteiger partial charge in [0.15, 0.2) is 0 Å². The van der Waals surface area contributed by atoms with E-state index in [1.165, 1.54) is 0 Å². The molecular formula is C17H25N3O. The molecule has 0 bridgehead atoms. The number of nitrogens with zero attached hydrogens (tertiary/aromatic N) is 2. The Morgan fingerprint density at radius 2 is 2.14 bits per heavy atom. The highest BCUT2D eigenvalue weighted by Gasteiger charge is 2.32. The summed E-state index contributed by atoms with van der Waals surface area (Å²) in [6.45, 7) is 10.3. The SMILES string of the molecule is CC1(O)CCN(c2ccc(CNC(C)(C)C)cc2C#N)C1. The van der Waals surface area contributed by atoms with Gasteiger partial charge in [-0.2, -0.15) is 5.26 Å². The predicted octanol–water partition coefficient (Wildman–Crippen LogP) is 2.41. The monoisotopic (exact) mass is 287 g/mol. The fraction of sp³-hybridized carbons (Fsp3) is 0.588. The van der Waals surface area contributed by atoms with Gasteiger partial charge in [-0.25, -0.2) is 0 Å². The van der Waals surface area contributed by atoms with Gasteiger partial charge in [0.25, 0.3) is 0 Å². The number of β-amino-alcohol motifs (C(OH)–C–C–N with tert-alkyl or cyclic N) is 1. The fourth-order valence-corrected chi connectivity index (χ4v) is 2.58. The summed E-state index contributed by atoms with van der Waals surface area (Å²) in [5, 5.41) is 22.9. The molecule has 114 valence electrons. The standard InChI is InChI=1S/C17H25N3O/c1-16(2,3)19-11-13-5-6-15(14(9-13)10-18)20-8-7-17(4,21)12-20/h5-6,9,19,21H,7-8,11-12H2,1-4H3. The van der Waals surface area contributed by atoms with Crippen LogP contribution in [0.3, 0.4) is 0 Å². The Morgan fingerprint density at radius 1 is 1.43 bits per heavy atom. The van der Waals surface area contributed by atoms with Crippen molar-refractivity contribution < 1.29 is 5.11 Å². The van der Waals surface area contributed by atoms with Crippen molar-refractivity contribution in [3.8, 4) is 6.07 Å². The second kappa shape index (κ2) is 5.67. The molecule has 1 fully saturated rings. The van der Waals surface area contributed by atoms with Crippen LogP contribution in [-0.4, -0.2) is 29.3 Å². The van der Waals surface area contributed by atoms with Crippen LogP contribution in [0, 0.1) is 11.3 Å². The third kappa shape index (κ3) is 4.20. The summed E-state index contributed by atoms with van der Waals surface area (Å²) in [5.74, 6) is 0. The summed E-state index contributed by atoms with van der Waals surface area (Å²) in [5.41, 5.74) is 2.12. The van der Waals surface area contributed by atoms with Crippen molar-refractivity contribution in [2.75, 3.05) is 18.0 Å². The summed E-state index contributed by atoms with van der Waals surface area (Å²) in [4.78, 5) is 2.10. The summed E-state index contributed by atoms with van der Waals surface area (Å²) >= 11 is 0. The third-order valence-electron chi connectivity index (χ3n) is 3.80. The van der Waals surface area contributed by atoms with Crippen LogP contribution in [0.15, 0.2) is 18.2 Å². The van der Waals surface area contributed by atoms with E-state index in [4.69, 9.17) is 0 Å². The molecule has 1 atom stereocenters. The average molecular weight is 287 g/mol. The maximum absolute atomic E-state index is 10.1. The quantitative estimate of drug-likeness (QED) is 0.896. The van der Waals surface area contributed by atoms with Crippen LogP contribution < -0.4 is 10.2 Å². The van der Waals surface area contributed by atoms with Gasteiger partial charge in [0.2, 0.25) is 0 Å². The lowest BCUT2D eigenvalue weighted by Crippen LogP contribution is -2.35. The number of aliphatic hydroxyl groups is 1. The van der Waals surface area contributed by atoms with Crippen molar-refractivity contribution in [1.29, 1.82) is 5.26 Å². The Morgan fingerprint density at radius 3 is 2.67 bits per heavy atom. The fourth-order valence-electron chi connectivity index (χ4n) is 2.58. The zero-order chi connectivity index (χ0) is 15.7.